The molecule has 27 heavy (non-hydrogen) atoms. The summed E-state index contributed by atoms with van der Waals surface area (Å²) in [6.45, 7) is 8.97. The fourth-order valence-electron chi connectivity index (χ4n) is 2.88. The number of benzene rings is 2. The van der Waals surface area contributed by atoms with E-state index in [-0.39, 0.29) is 0 Å². The fourth-order valence-corrected chi connectivity index (χ4v) is 3.75. The highest BCUT2D eigenvalue weighted by Crippen LogP contribution is 2.37. The number of aliphatic hydroxyl groups is 1. The van der Waals surface area contributed by atoms with Crippen LogP contribution in [0.5, 0.6) is 0 Å². The van der Waals surface area contributed by atoms with Crippen LogP contribution < -0.4 is 5.32 Å². The molecule has 4 rings (SSSR count). The number of anilines is 1. The largest absolute Gasteiger partial charge is 0.418 e. The van der Waals surface area contributed by atoms with Gasteiger partial charge >= 0.3 is 0 Å². The molecule has 4 aromatic rings. The molecule has 0 radical (unpaired) electrons. The second-order valence-corrected chi connectivity index (χ2v) is 7.00. The van der Waals surface area contributed by atoms with Gasteiger partial charge in [-0.1, -0.05) is 24.3 Å². The molecule has 2 aromatic heterocycles. The zero-order valence-electron chi connectivity index (χ0n) is 14.5. The molecule has 134 valence electrons. The molecule has 7 heteroatoms. The smallest absolute Gasteiger partial charge is 0.247 e. The number of thiophene rings is 1. The Balaban J connectivity index is 1.68. The Morgan fingerprint density at radius 2 is 1.96 bits per heavy atom. The third-order valence-electron chi connectivity index (χ3n) is 4.24. The minimum Gasteiger partial charge on any atom is -0.418 e. The predicted molar refractivity (Wildman–Crippen MR) is 106 cm³/mol. The maximum atomic E-state index is 10.3. The van der Waals surface area contributed by atoms with Gasteiger partial charge in [-0.15, -0.1) is 10.2 Å². The number of fused-ring (bicyclic) bond motifs is 1. The van der Waals surface area contributed by atoms with E-state index in [2.05, 4.69) is 20.4 Å². The van der Waals surface area contributed by atoms with Crippen LogP contribution in [0.25, 0.3) is 26.4 Å². The first-order chi connectivity index (χ1) is 13.2. The van der Waals surface area contributed by atoms with Crippen LogP contribution >= 0.6 is 11.3 Å². The lowest BCUT2D eigenvalue weighted by Crippen LogP contribution is -2.23. The molecule has 6 nitrogen and oxygen atoms in total. The van der Waals surface area contributed by atoms with Crippen LogP contribution in [0.2, 0.25) is 0 Å². The van der Waals surface area contributed by atoms with Crippen molar-refractivity contribution >= 4 is 32.8 Å². The average molecular weight is 376 g/mol. The molecule has 2 aromatic carbocycles. The molecule has 0 bridgehead atoms. The molecule has 0 saturated carbocycles. The first kappa shape index (κ1) is 17.2. The second kappa shape index (κ2) is 7.19. The van der Waals surface area contributed by atoms with Crippen LogP contribution in [0, 0.1) is 6.57 Å². The summed E-state index contributed by atoms with van der Waals surface area (Å²) in [6.07, 6.45) is -0.761. The van der Waals surface area contributed by atoms with Gasteiger partial charge in [0.05, 0.1) is 12.7 Å². The van der Waals surface area contributed by atoms with E-state index in [1.54, 1.807) is 13.0 Å². The zero-order valence-corrected chi connectivity index (χ0v) is 15.3. The van der Waals surface area contributed by atoms with Gasteiger partial charge in [0.15, 0.2) is 0 Å². The van der Waals surface area contributed by atoms with Gasteiger partial charge in [-0.3, -0.25) is 0 Å². The molecular formula is C20H16N4O2S. The third kappa shape index (κ3) is 3.28. The average Bonchev–Trinajstić information content (AvgIpc) is 3.36. The quantitative estimate of drug-likeness (QED) is 0.478. The van der Waals surface area contributed by atoms with Crippen molar-refractivity contribution in [3.05, 3.63) is 71.2 Å². The van der Waals surface area contributed by atoms with Crippen molar-refractivity contribution in [1.82, 2.24) is 10.2 Å². The summed E-state index contributed by atoms with van der Waals surface area (Å²) in [5, 5.41) is 24.7. The summed E-state index contributed by atoms with van der Waals surface area (Å²) in [6, 6.07) is 14.5. The predicted octanol–water partition coefficient (Wildman–Crippen LogP) is 5.04. The minimum atomic E-state index is -0.761. The Labute approximate surface area is 159 Å². The molecule has 0 spiro atoms. The van der Waals surface area contributed by atoms with Gasteiger partial charge in [0.2, 0.25) is 17.5 Å². The van der Waals surface area contributed by atoms with Crippen LogP contribution in [-0.2, 0) is 0 Å². The summed E-state index contributed by atoms with van der Waals surface area (Å²) >= 11 is 1.52. The SMILES string of the molecule is [C-]#[N+]c1ccc(N[C@@H](c2nnc(-c3ccccc3)o2)[C@H](C)O)c2ccsc12. The van der Waals surface area contributed by atoms with Gasteiger partial charge in [0, 0.05) is 21.3 Å². The second-order valence-electron chi connectivity index (χ2n) is 6.08. The van der Waals surface area contributed by atoms with Gasteiger partial charge in [-0.05, 0) is 36.6 Å². The lowest BCUT2D eigenvalue weighted by molar-refractivity contribution is 0.160. The van der Waals surface area contributed by atoms with Crippen molar-refractivity contribution in [2.24, 2.45) is 0 Å². The Kier molecular flexibility index (Phi) is 4.59. The Bertz CT molecular complexity index is 1110. The number of aromatic nitrogens is 2. The van der Waals surface area contributed by atoms with E-state index in [0.717, 1.165) is 21.3 Å². The van der Waals surface area contributed by atoms with Crippen LogP contribution in [0.3, 0.4) is 0 Å². The Hall–Kier alpha value is -3.21. The van der Waals surface area contributed by atoms with E-state index < -0.39 is 12.1 Å². The molecular weight excluding hydrogens is 360 g/mol. The molecule has 0 aliphatic carbocycles. The summed E-state index contributed by atoms with van der Waals surface area (Å²) in [7, 11) is 0. The van der Waals surface area contributed by atoms with Crippen molar-refractivity contribution in [2.45, 2.75) is 19.1 Å². The molecule has 0 fully saturated rings. The first-order valence-corrected chi connectivity index (χ1v) is 9.26. The molecule has 0 aliphatic heterocycles. The normalized spacial score (nSPS) is 13.2. The van der Waals surface area contributed by atoms with Crippen molar-refractivity contribution in [3.63, 3.8) is 0 Å². The highest BCUT2D eigenvalue weighted by molar-refractivity contribution is 7.18. The van der Waals surface area contributed by atoms with Gasteiger partial charge in [0.1, 0.15) is 6.04 Å². The van der Waals surface area contributed by atoms with Gasteiger partial charge in [-0.25, -0.2) is 4.85 Å². The highest BCUT2D eigenvalue weighted by Gasteiger charge is 2.25. The van der Waals surface area contributed by atoms with Crippen LogP contribution in [0.15, 0.2) is 58.3 Å². The van der Waals surface area contributed by atoms with E-state index >= 15 is 0 Å². The van der Waals surface area contributed by atoms with Crippen LogP contribution in [-0.4, -0.2) is 21.4 Å². The minimum absolute atomic E-state index is 0.307. The summed E-state index contributed by atoms with van der Waals surface area (Å²) in [5.74, 6) is 0.712. The zero-order chi connectivity index (χ0) is 18.8. The topological polar surface area (TPSA) is 75.5 Å². The summed E-state index contributed by atoms with van der Waals surface area (Å²) in [5.41, 5.74) is 2.24. The molecule has 0 amide bonds. The first-order valence-electron chi connectivity index (χ1n) is 8.38. The maximum absolute atomic E-state index is 10.3. The highest BCUT2D eigenvalue weighted by atomic mass is 32.1. The number of hydrogen-bond acceptors (Lipinski definition) is 6. The molecule has 0 unspecified atom stereocenters. The Morgan fingerprint density at radius 1 is 1.15 bits per heavy atom. The third-order valence-corrected chi connectivity index (χ3v) is 5.17. The van der Waals surface area contributed by atoms with E-state index in [1.807, 2.05) is 47.8 Å². The van der Waals surface area contributed by atoms with Crippen molar-refractivity contribution in [2.75, 3.05) is 5.32 Å². The maximum Gasteiger partial charge on any atom is 0.247 e. The van der Waals surface area contributed by atoms with Gasteiger partial charge in [-0.2, -0.15) is 11.3 Å². The lowest BCUT2D eigenvalue weighted by atomic mass is 10.1. The molecule has 0 aliphatic rings. The molecule has 2 atom stereocenters. The van der Waals surface area contributed by atoms with Gasteiger partial charge in [0.25, 0.3) is 0 Å². The molecule has 2 N–H and O–H groups in total. The van der Waals surface area contributed by atoms with Crippen LogP contribution in [0.4, 0.5) is 11.4 Å². The van der Waals surface area contributed by atoms with E-state index in [9.17, 15) is 5.11 Å². The van der Waals surface area contributed by atoms with Crippen LogP contribution in [0.1, 0.15) is 18.9 Å². The standard InChI is InChI=1S/C20H16N4O2S/c1-12(25)17(20-24-23-19(26-20)13-6-4-3-5-7-13)22-15-8-9-16(21-2)18-14(15)10-11-27-18/h3-12,17,22,25H,1H3/t12-,17+/m0/s1. The monoisotopic (exact) mass is 376 g/mol. The fraction of sp³-hybridized carbons (Fsp3) is 0.150. The number of aliphatic hydroxyl groups excluding tert-OH is 1. The molecule has 2 heterocycles. The number of rotatable bonds is 5. The van der Waals surface area contributed by atoms with Crippen molar-refractivity contribution in [1.29, 1.82) is 0 Å². The lowest BCUT2D eigenvalue weighted by Gasteiger charge is -2.20. The molecule has 0 saturated heterocycles. The number of nitrogens with one attached hydrogen (secondary N) is 1. The van der Waals surface area contributed by atoms with Crippen molar-refractivity contribution < 1.29 is 9.52 Å². The summed E-state index contributed by atoms with van der Waals surface area (Å²) < 4.78 is 6.73. The van der Waals surface area contributed by atoms with E-state index in [1.165, 1.54) is 11.3 Å². The Morgan fingerprint density at radius 3 is 2.70 bits per heavy atom. The number of nitrogens with zero attached hydrogens (tertiary/aromatic N) is 3. The number of hydrogen-bond donors (Lipinski definition) is 2. The summed E-state index contributed by atoms with van der Waals surface area (Å²) in [4.78, 5) is 3.56. The van der Waals surface area contributed by atoms with E-state index in [0.29, 0.717) is 17.5 Å². The van der Waals surface area contributed by atoms with Crippen molar-refractivity contribution in [3.8, 4) is 11.5 Å². The van der Waals surface area contributed by atoms with E-state index in [4.69, 9.17) is 11.0 Å². The van der Waals surface area contributed by atoms with Gasteiger partial charge < -0.3 is 14.8 Å².